The van der Waals surface area contributed by atoms with Crippen molar-refractivity contribution in [3.63, 3.8) is 0 Å². The third-order valence-electron chi connectivity index (χ3n) is 2.71. The zero-order chi connectivity index (χ0) is 14.5. The predicted molar refractivity (Wildman–Crippen MR) is 76.6 cm³/mol. The van der Waals surface area contributed by atoms with Crippen LogP contribution in [-0.4, -0.2) is 10.1 Å². The van der Waals surface area contributed by atoms with Crippen molar-refractivity contribution in [2.24, 2.45) is 11.7 Å². The minimum absolute atomic E-state index is 0.216. The number of hydrogen-bond donors (Lipinski definition) is 1. The molecule has 1 aromatic heterocycles. The highest BCUT2D eigenvalue weighted by molar-refractivity contribution is 7.98. The lowest BCUT2D eigenvalue weighted by Crippen LogP contribution is -2.13. The summed E-state index contributed by atoms with van der Waals surface area (Å²) in [6.07, 6.45) is 0.812. The number of benzene rings is 1. The Morgan fingerprint density at radius 1 is 1.30 bits per heavy atom. The maximum absolute atomic E-state index is 12.8. The monoisotopic (exact) mass is 295 g/mol. The number of rotatable bonds is 6. The molecule has 108 valence electrons. The number of nitrogens with two attached hydrogens (primary N) is 1. The summed E-state index contributed by atoms with van der Waals surface area (Å²) in [7, 11) is 0. The van der Waals surface area contributed by atoms with Crippen LogP contribution in [0.3, 0.4) is 0 Å². The number of thioether (sulfide) groups is 1. The van der Waals surface area contributed by atoms with Gasteiger partial charge in [-0.2, -0.15) is 4.98 Å². The van der Waals surface area contributed by atoms with Crippen LogP contribution in [-0.2, 0) is 5.75 Å². The first-order valence-electron chi connectivity index (χ1n) is 6.51. The molecular formula is C14H18FN3OS. The average Bonchev–Trinajstić information content (AvgIpc) is 2.86. The summed E-state index contributed by atoms with van der Waals surface area (Å²) in [6.45, 7) is 4.20. The first-order valence-corrected chi connectivity index (χ1v) is 7.49. The second-order valence-corrected chi connectivity index (χ2v) is 6.08. The summed E-state index contributed by atoms with van der Waals surface area (Å²) >= 11 is 1.53. The number of nitrogens with zero attached hydrogens (tertiary/aromatic N) is 2. The van der Waals surface area contributed by atoms with E-state index in [1.165, 1.54) is 23.9 Å². The normalized spacial score (nSPS) is 12.8. The Hall–Kier alpha value is -1.40. The molecule has 20 heavy (non-hydrogen) atoms. The Morgan fingerprint density at radius 3 is 2.65 bits per heavy atom. The smallest absolute Gasteiger partial charge is 0.243 e. The lowest BCUT2D eigenvalue weighted by molar-refractivity contribution is 0.333. The molecule has 2 N–H and O–H groups in total. The van der Waals surface area contributed by atoms with Crippen molar-refractivity contribution in [2.45, 2.75) is 37.0 Å². The van der Waals surface area contributed by atoms with E-state index in [0.29, 0.717) is 23.4 Å². The Balaban J connectivity index is 1.91. The molecule has 2 aromatic rings. The summed E-state index contributed by atoms with van der Waals surface area (Å²) in [5.41, 5.74) is 5.99. The summed E-state index contributed by atoms with van der Waals surface area (Å²) in [4.78, 5) is 5.26. The van der Waals surface area contributed by atoms with Crippen LogP contribution in [0.15, 0.2) is 33.7 Å². The highest BCUT2D eigenvalue weighted by Gasteiger charge is 2.16. The van der Waals surface area contributed by atoms with Gasteiger partial charge < -0.3 is 10.3 Å². The van der Waals surface area contributed by atoms with E-state index in [4.69, 9.17) is 10.3 Å². The van der Waals surface area contributed by atoms with Gasteiger partial charge in [0, 0.05) is 4.90 Å². The van der Waals surface area contributed by atoms with Crippen molar-refractivity contribution in [1.29, 1.82) is 0 Å². The molecule has 0 aliphatic heterocycles. The summed E-state index contributed by atoms with van der Waals surface area (Å²) in [5, 5.41) is 3.92. The van der Waals surface area contributed by atoms with Crippen molar-refractivity contribution >= 4 is 11.8 Å². The van der Waals surface area contributed by atoms with E-state index in [0.717, 1.165) is 11.3 Å². The largest absolute Gasteiger partial charge is 0.338 e. The summed E-state index contributed by atoms with van der Waals surface area (Å²) < 4.78 is 18.0. The first kappa shape index (κ1) is 15.0. The molecule has 6 heteroatoms. The number of aromatic nitrogens is 2. The highest BCUT2D eigenvalue weighted by Crippen LogP contribution is 2.23. The van der Waals surface area contributed by atoms with Crippen LogP contribution in [0.25, 0.3) is 0 Å². The van der Waals surface area contributed by atoms with E-state index in [-0.39, 0.29) is 11.9 Å². The lowest BCUT2D eigenvalue weighted by atomic mass is 10.0. The van der Waals surface area contributed by atoms with Gasteiger partial charge in [0.25, 0.3) is 0 Å². The third-order valence-corrected chi connectivity index (χ3v) is 3.72. The van der Waals surface area contributed by atoms with Crippen LogP contribution in [0.5, 0.6) is 0 Å². The zero-order valence-electron chi connectivity index (χ0n) is 11.5. The van der Waals surface area contributed by atoms with E-state index in [1.807, 2.05) is 0 Å². The molecule has 1 atom stereocenters. The lowest BCUT2D eigenvalue weighted by Gasteiger charge is -2.08. The van der Waals surface area contributed by atoms with Crippen molar-refractivity contribution in [3.8, 4) is 0 Å². The van der Waals surface area contributed by atoms with Gasteiger partial charge in [-0.3, -0.25) is 0 Å². The molecule has 0 saturated heterocycles. The third kappa shape index (κ3) is 4.31. The quantitative estimate of drug-likeness (QED) is 0.826. The van der Waals surface area contributed by atoms with E-state index in [2.05, 4.69) is 24.0 Å². The minimum Gasteiger partial charge on any atom is -0.338 e. The number of hydrogen-bond acceptors (Lipinski definition) is 5. The van der Waals surface area contributed by atoms with E-state index in [1.54, 1.807) is 12.1 Å². The van der Waals surface area contributed by atoms with Crippen LogP contribution >= 0.6 is 11.8 Å². The molecule has 0 fully saturated rings. The number of halogens is 1. The van der Waals surface area contributed by atoms with Gasteiger partial charge in [0.05, 0.1) is 11.8 Å². The van der Waals surface area contributed by atoms with Crippen LogP contribution < -0.4 is 5.73 Å². The topological polar surface area (TPSA) is 64.9 Å². The second kappa shape index (κ2) is 6.85. The maximum Gasteiger partial charge on any atom is 0.243 e. The van der Waals surface area contributed by atoms with Crippen LogP contribution in [0.1, 0.15) is 38.0 Å². The molecule has 0 aliphatic rings. The molecule has 0 unspecified atom stereocenters. The second-order valence-electron chi connectivity index (χ2n) is 5.03. The molecule has 0 saturated carbocycles. The SMILES string of the molecule is CC(C)C[C@H](N)c1nc(CSc2ccc(F)cc2)no1. The van der Waals surface area contributed by atoms with Gasteiger partial charge in [0.2, 0.25) is 5.89 Å². The van der Waals surface area contributed by atoms with E-state index in [9.17, 15) is 4.39 Å². The molecule has 0 radical (unpaired) electrons. The van der Waals surface area contributed by atoms with Gasteiger partial charge in [-0.05, 0) is 36.6 Å². The average molecular weight is 295 g/mol. The van der Waals surface area contributed by atoms with Gasteiger partial charge in [-0.15, -0.1) is 11.8 Å². The van der Waals surface area contributed by atoms with Crippen molar-refractivity contribution < 1.29 is 8.91 Å². The highest BCUT2D eigenvalue weighted by atomic mass is 32.2. The predicted octanol–water partition coefficient (Wildman–Crippen LogP) is 3.55. The fraction of sp³-hybridized carbons (Fsp3) is 0.429. The standard InChI is InChI=1S/C14H18FN3OS/c1-9(2)7-12(16)14-17-13(18-19-14)8-20-11-5-3-10(15)4-6-11/h3-6,9,12H,7-8,16H2,1-2H3/t12-/m0/s1. The molecule has 1 heterocycles. The maximum atomic E-state index is 12.8. The van der Waals surface area contributed by atoms with Gasteiger partial charge in [0.1, 0.15) is 5.82 Å². The van der Waals surface area contributed by atoms with Crippen LogP contribution in [0.2, 0.25) is 0 Å². The van der Waals surface area contributed by atoms with E-state index < -0.39 is 0 Å². The van der Waals surface area contributed by atoms with Crippen LogP contribution in [0.4, 0.5) is 4.39 Å². The molecule has 0 aliphatic carbocycles. The first-order chi connectivity index (χ1) is 9.54. The summed E-state index contributed by atoms with van der Waals surface area (Å²) in [6, 6.07) is 6.11. The minimum atomic E-state index is -0.240. The molecule has 4 nitrogen and oxygen atoms in total. The molecule has 0 bridgehead atoms. The van der Waals surface area contributed by atoms with Gasteiger partial charge in [-0.25, -0.2) is 4.39 Å². The Bertz CT molecular complexity index is 542. The molecule has 0 spiro atoms. The van der Waals surface area contributed by atoms with Gasteiger partial charge in [-0.1, -0.05) is 19.0 Å². The molecule has 1 aromatic carbocycles. The molecular weight excluding hydrogens is 277 g/mol. The Labute approximate surface area is 121 Å². The van der Waals surface area contributed by atoms with Gasteiger partial charge >= 0.3 is 0 Å². The molecule has 2 rings (SSSR count). The van der Waals surface area contributed by atoms with Crippen LogP contribution in [0, 0.1) is 11.7 Å². The fourth-order valence-electron chi connectivity index (χ4n) is 1.76. The van der Waals surface area contributed by atoms with E-state index >= 15 is 0 Å². The van der Waals surface area contributed by atoms with Crippen molar-refractivity contribution in [2.75, 3.05) is 0 Å². The Morgan fingerprint density at radius 2 is 2.00 bits per heavy atom. The zero-order valence-corrected chi connectivity index (χ0v) is 12.4. The van der Waals surface area contributed by atoms with Gasteiger partial charge in [0.15, 0.2) is 5.82 Å². The fourth-order valence-corrected chi connectivity index (χ4v) is 2.51. The molecule has 0 amide bonds. The summed E-state index contributed by atoms with van der Waals surface area (Å²) in [5.74, 6) is 1.90. The van der Waals surface area contributed by atoms with Crippen molar-refractivity contribution in [3.05, 3.63) is 41.8 Å². The Kier molecular flexibility index (Phi) is 5.14. The van der Waals surface area contributed by atoms with Crippen molar-refractivity contribution in [1.82, 2.24) is 10.1 Å².